The van der Waals surface area contributed by atoms with Gasteiger partial charge >= 0.3 is 0 Å². The largest absolute Gasteiger partial charge is 0.296 e. The minimum atomic E-state index is -4.96. The van der Waals surface area contributed by atoms with E-state index in [2.05, 4.69) is 8.37 Å². The summed E-state index contributed by atoms with van der Waals surface area (Å²) in [6.45, 7) is -1.96. The highest BCUT2D eigenvalue weighted by atomic mass is 127. The Labute approximate surface area is 154 Å². The number of hydrogen-bond acceptors (Lipinski definition) is 10. The summed E-state index contributed by atoms with van der Waals surface area (Å²) in [6, 6.07) is 0. The predicted molar refractivity (Wildman–Crippen MR) is 88.5 cm³/mol. The molecule has 0 aliphatic heterocycles. The minimum absolute atomic E-state index is 0.857. The topological polar surface area (TPSA) is 195 Å². The van der Waals surface area contributed by atoms with E-state index in [1.807, 2.05) is 0 Å². The molecule has 0 radical (unpaired) electrons. The van der Waals surface area contributed by atoms with Gasteiger partial charge in [0.15, 0.2) is 0 Å². The van der Waals surface area contributed by atoms with Gasteiger partial charge in [0, 0.05) is 0 Å². The summed E-state index contributed by atoms with van der Waals surface area (Å²) >= 11 is 1.71. The van der Waals surface area contributed by atoms with Gasteiger partial charge in [-0.2, -0.15) is 33.7 Å². The van der Waals surface area contributed by atoms with Crippen LogP contribution >= 0.6 is 45.2 Å². The zero-order valence-electron chi connectivity index (χ0n) is 9.93. The van der Waals surface area contributed by atoms with Crippen LogP contribution in [0.4, 0.5) is 0 Å². The molecule has 18 heteroatoms. The summed E-state index contributed by atoms with van der Waals surface area (Å²) in [5.41, 5.74) is 0. The first kappa shape index (κ1) is 23.1. The van der Waals surface area contributed by atoms with E-state index in [0.717, 1.165) is 45.2 Å². The predicted octanol–water partition coefficient (Wildman–Crippen LogP) is -1.11. The van der Waals surface area contributed by atoms with Crippen molar-refractivity contribution in [3.05, 3.63) is 0 Å². The second-order valence-corrected chi connectivity index (χ2v) is 16.1. The highest BCUT2D eigenvalue weighted by molar-refractivity contribution is 14.1. The third kappa shape index (κ3) is 7.33. The number of halogens is 2. The van der Waals surface area contributed by atoms with Crippen LogP contribution in [-0.2, 0) is 48.8 Å². The second kappa shape index (κ2) is 7.99. The maximum absolute atomic E-state index is 11.3. The zero-order valence-corrected chi connectivity index (χ0v) is 17.5. The van der Waals surface area contributed by atoms with Gasteiger partial charge in [-0.05, 0) is 45.2 Å². The summed E-state index contributed by atoms with van der Waals surface area (Å²) in [4.78, 5) is 0. The molecule has 0 aliphatic rings. The van der Waals surface area contributed by atoms with Crippen LogP contribution in [0.5, 0.6) is 0 Å². The van der Waals surface area contributed by atoms with Crippen molar-refractivity contribution in [2.45, 2.75) is 5.18 Å². The lowest BCUT2D eigenvalue weighted by atomic mass is 10.8. The fourth-order valence-electron chi connectivity index (χ4n) is 0.705. The third-order valence-corrected chi connectivity index (χ3v) is 14.8. The normalized spacial score (nSPS) is 17.1. The Balaban J connectivity index is 4.71. The molecule has 0 aromatic heterocycles. The molecule has 0 bridgehead atoms. The van der Waals surface area contributed by atoms with E-state index >= 15 is 0 Å². The van der Waals surface area contributed by atoms with Gasteiger partial charge in [-0.25, -0.2) is 0 Å². The Bertz CT molecular complexity index is 721. The summed E-state index contributed by atoms with van der Waals surface area (Å²) in [7, 11) is -19.5. The Morgan fingerprint density at radius 1 is 0.682 bits per heavy atom. The minimum Gasteiger partial charge on any atom is -0.284 e. The van der Waals surface area contributed by atoms with E-state index in [1.54, 1.807) is 0 Å². The van der Waals surface area contributed by atoms with Crippen LogP contribution in [0.1, 0.15) is 0 Å². The first-order valence-corrected chi connectivity index (χ1v) is 12.9. The van der Waals surface area contributed by atoms with Gasteiger partial charge in [-0.15, -0.1) is 0 Å². The van der Waals surface area contributed by atoms with Crippen LogP contribution in [-0.4, -0.2) is 61.2 Å². The van der Waals surface area contributed by atoms with E-state index in [0.29, 0.717) is 0 Å². The fourth-order valence-corrected chi connectivity index (χ4v) is 5.12. The molecular formula is C4H8I2O12S4. The molecule has 2 atom stereocenters. The molecule has 2 N–H and O–H groups in total. The smallest absolute Gasteiger partial charge is 0.284 e. The van der Waals surface area contributed by atoms with Crippen LogP contribution in [0.2, 0.25) is 0 Å². The highest BCUT2D eigenvalue weighted by Gasteiger charge is 2.37. The van der Waals surface area contributed by atoms with E-state index < -0.39 is 58.9 Å². The molecule has 0 rings (SSSR count). The van der Waals surface area contributed by atoms with Crippen molar-refractivity contribution in [1.29, 1.82) is 0 Å². The molecule has 0 aliphatic carbocycles. The van der Waals surface area contributed by atoms with Crippen molar-refractivity contribution in [2.24, 2.45) is 0 Å². The third-order valence-electron chi connectivity index (χ3n) is 1.50. The average Bonchev–Trinajstić information content (AvgIpc) is 2.30. The lowest BCUT2D eigenvalue weighted by Gasteiger charge is -2.10. The summed E-state index contributed by atoms with van der Waals surface area (Å²) < 4.78 is 108. The van der Waals surface area contributed by atoms with Crippen LogP contribution in [0.15, 0.2) is 0 Å². The van der Waals surface area contributed by atoms with E-state index in [9.17, 15) is 33.7 Å². The van der Waals surface area contributed by atoms with Gasteiger partial charge in [-0.1, -0.05) is 0 Å². The molecule has 0 aromatic rings. The molecule has 0 saturated carbocycles. The number of alkyl halides is 2. The van der Waals surface area contributed by atoms with Gasteiger partial charge in [0.05, 0.1) is 13.2 Å². The summed E-state index contributed by atoms with van der Waals surface area (Å²) in [5.74, 6) is 0. The second-order valence-electron chi connectivity index (χ2n) is 3.21. The lowest BCUT2D eigenvalue weighted by molar-refractivity contribution is 0.226. The van der Waals surface area contributed by atoms with Crippen LogP contribution in [0, 0.1) is 0 Å². The van der Waals surface area contributed by atoms with Crippen LogP contribution in [0.3, 0.4) is 0 Å². The molecule has 0 spiro atoms. The van der Waals surface area contributed by atoms with Gasteiger partial charge in [-0.3, -0.25) is 17.5 Å². The molecule has 134 valence electrons. The highest BCUT2D eigenvalue weighted by Crippen LogP contribution is 2.19. The Kier molecular flexibility index (Phi) is 8.39. The van der Waals surface area contributed by atoms with Crippen molar-refractivity contribution in [3.63, 3.8) is 0 Å². The molecule has 12 nitrogen and oxygen atoms in total. The molecule has 0 heterocycles. The van der Waals surface area contributed by atoms with Gasteiger partial charge < -0.3 is 0 Å². The Morgan fingerprint density at radius 2 is 0.909 bits per heavy atom. The number of rotatable bonds is 9. The van der Waals surface area contributed by atoms with Gasteiger partial charge in [0.2, 0.25) is 0 Å². The first-order valence-electron chi connectivity index (χ1n) is 4.49. The molecule has 2 unspecified atom stereocenters. The molecule has 22 heavy (non-hydrogen) atoms. The fraction of sp³-hybridized carbons (Fsp3) is 1.00. The van der Waals surface area contributed by atoms with Gasteiger partial charge in [0.1, 0.15) is 0 Å². The van der Waals surface area contributed by atoms with Crippen molar-refractivity contribution in [1.82, 2.24) is 0 Å². The summed E-state index contributed by atoms with van der Waals surface area (Å²) in [6.07, 6.45) is 0. The van der Waals surface area contributed by atoms with Crippen molar-refractivity contribution >= 4 is 85.7 Å². The average molecular weight is 630 g/mol. The van der Waals surface area contributed by atoms with Crippen LogP contribution in [0.25, 0.3) is 0 Å². The Hall–Kier alpha value is 1.10. The maximum Gasteiger partial charge on any atom is 0.296 e. The first-order chi connectivity index (χ1) is 9.52. The summed E-state index contributed by atoms with van der Waals surface area (Å²) in [5, 5.41) is 0. The van der Waals surface area contributed by atoms with Crippen LogP contribution < -0.4 is 0 Å². The standard InChI is InChI=1S/C4H8I2O12S4/c5-3(19(7,8)9)21(13,14)17-1-2-18-22(15,16)4(6)20(10,11)12/h3-4H,1-2H2,(H,7,8,9)(H,10,11,12). The van der Waals surface area contributed by atoms with E-state index in [1.165, 1.54) is 0 Å². The molecule has 0 aromatic carbocycles. The molecule has 0 saturated heterocycles. The quantitative estimate of drug-likeness (QED) is 0.103. The maximum atomic E-state index is 11.3. The van der Waals surface area contributed by atoms with Crippen molar-refractivity contribution < 1.29 is 51.1 Å². The zero-order chi connectivity index (χ0) is 18.0. The Morgan fingerprint density at radius 3 is 1.09 bits per heavy atom. The lowest BCUT2D eigenvalue weighted by Crippen LogP contribution is -2.29. The monoisotopic (exact) mass is 630 g/mol. The molecule has 0 amide bonds. The molecule has 0 fully saturated rings. The van der Waals surface area contributed by atoms with E-state index in [-0.39, 0.29) is 0 Å². The SMILES string of the molecule is O=S(=O)(O)C(I)S(=O)(=O)OCCOS(=O)(=O)C(I)S(=O)(=O)O. The van der Waals surface area contributed by atoms with Crippen molar-refractivity contribution in [2.75, 3.05) is 13.2 Å². The van der Waals surface area contributed by atoms with Gasteiger partial charge in [0.25, 0.3) is 45.6 Å². The number of hydrogen-bond donors (Lipinski definition) is 2. The van der Waals surface area contributed by atoms with Crippen molar-refractivity contribution in [3.8, 4) is 0 Å². The van der Waals surface area contributed by atoms with E-state index in [4.69, 9.17) is 9.11 Å². The molecular weight excluding hydrogens is 622 g/mol.